The summed E-state index contributed by atoms with van der Waals surface area (Å²) in [6.45, 7) is 3.70. The summed E-state index contributed by atoms with van der Waals surface area (Å²) in [4.78, 5) is 22.1. The van der Waals surface area contributed by atoms with E-state index in [2.05, 4.69) is 44.9 Å². The van der Waals surface area contributed by atoms with Gasteiger partial charge in [0, 0.05) is 22.4 Å². The fourth-order valence-corrected chi connectivity index (χ4v) is 6.23. The lowest BCUT2D eigenvalue weighted by Crippen LogP contribution is -2.59. The lowest BCUT2D eigenvalue weighted by atomic mass is 9.64. The second-order valence-electron chi connectivity index (χ2n) is 9.00. The fraction of sp³-hybridized carbons (Fsp3) is 0.320. The van der Waals surface area contributed by atoms with Crippen LogP contribution in [0, 0.1) is 12.3 Å². The average molecular weight is 462 g/mol. The maximum atomic E-state index is 12.9. The van der Waals surface area contributed by atoms with Gasteiger partial charge in [-0.15, -0.1) is 22.7 Å². The van der Waals surface area contributed by atoms with E-state index in [1.54, 1.807) is 22.7 Å². The van der Waals surface area contributed by atoms with Crippen LogP contribution in [0.25, 0.3) is 21.5 Å². The highest BCUT2D eigenvalue weighted by molar-refractivity contribution is 7.17. The van der Waals surface area contributed by atoms with E-state index in [4.69, 9.17) is 4.74 Å². The second kappa shape index (κ2) is 7.76. The number of carbonyl (C=O) groups excluding carboxylic acids is 1. The Hall–Kier alpha value is -2.61. The van der Waals surface area contributed by atoms with Crippen LogP contribution in [0.15, 0.2) is 47.2 Å². The number of amides is 1. The van der Waals surface area contributed by atoms with Crippen molar-refractivity contribution in [1.82, 2.24) is 15.3 Å². The number of aryl methyl sites for hydroxylation is 1. The summed E-state index contributed by atoms with van der Waals surface area (Å²) in [5, 5.41) is 8.38. The van der Waals surface area contributed by atoms with Crippen molar-refractivity contribution in [3.05, 3.63) is 69.0 Å². The van der Waals surface area contributed by atoms with Crippen LogP contribution in [0.2, 0.25) is 0 Å². The van der Waals surface area contributed by atoms with Crippen molar-refractivity contribution in [3.63, 3.8) is 0 Å². The maximum absolute atomic E-state index is 12.9. The first-order valence-electron chi connectivity index (χ1n) is 10.8. The lowest BCUT2D eigenvalue weighted by molar-refractivity contribution is -0.165. The second-order valence-corrected chi connectivity index (χ2v) is 11.0. The van der Waals surface area contributed by atoms with Crippen LogP contribution >= 0.6 is 22.7 Å². The molecule has 1 amide bonds. The summed E-state index contributed by atoms with van der Waals surface area (Å²) in [6.07, 6.45) is 2.79. The highest BCUT2D eigenvalue weighted by Gasteiger charge is 2.50. The van der Waals surface area contributed by atoms with Gasteiger partial charge in [-0.1, -0.05) is 24.3 Å². The van der Waals surface area contributed by atoms with Gasteiger partial charge in [0.2, 0.25) is 0 Å². The zero-order chi connectivity index (χ0) is 21.7. The molecular formula is C25H23N3O2S2. The lowest BCUT2D eigenvalue weighted by Gasteiger charge is -2.53. The Morgan fingerprint density at radius 3 is 2.66 bits per heavy atom. The van der Waals surface area contributed by atoms with Crippen LogP contribution in [0.5, 0.6) is 0 Å². The molecule has 32 heavy (non-hydrogen) atoms. The first kappa shape index (κ1) is 20.0. The van der Waals surface area contributed by atoms with Crippen molar-refractivity contribution in [2.75, 3.05) is 13.2 Å². The number of hydrogen-bond acceptors (Lipinski definition) is 6. The van der Waals surface area contributed by atoms with Gasteiger partial charge >= 0.3 is 0 Å². The fourth-order valence-electron chi connectivity index (χ4n) is 4.75. The Kier molecular flexibility index (Phi) is 4.86. The van der Waals surface area contributed by atoms with Crippen molar-refractivity contribution in [1.29, 1.82) is 0 Å². The van der Waals surface area contributed by atoms with Gasteiger partial charge in [-0.05, 0) is 54.8 Å². The summed E-state index contributed by atoms with van der Waals surface area (Å²) in [5.41, 5.74) is 6.23. The number of nitrogens with one attached hydrogen (secondary N) is 1. The molecule has 6 rings (SSSR count). The van der Waals surface area contributed by atoms with E-state index >= 15 is 0 Å². The van der Waals surface area contributed by atoms with Crippen molar-refractivity contribution < 1.29 is 9.53 Å². The molecule has 1 aliphatic heterocycles. The Morgan fingerprint density at radius 2 is 1.97 bits per heavy atom. The van der Waals surface area contributed by atoms with E-state index in [-0.39, 0.29) is 11.9 Å². The number of thiophene rings is 1. The molecule has 1 aliphatic carbocycles. The summed E-state index contributed by atoms with van der Waals surface area (Å²) < 4.78 is 6.48. The molecule has 4 heterocycles. The molecule has 1 spiro atoms. The van der Waals surface area contributed by atoms with Gasteiger partial charge in [-0.25, -0.2) is 9.97 Å². The smallest absolute Gasteiger partial charge is 0.270 e. The first-order valence-corrected chi connectivity index (χ1v) is 12.6. The number of benzene rings is 1. The van der Waals surface area contributed by atoms with Gasteiger partial charge < -0.3 is 10.1 Å². The van der Waals surface area contributed by atoms with Crippen LogP contribution in [0.3, 0.4) is 0 Å². The summed E-state index contributed by atoms with van der Waals surface area (Å²) in [7, 11) is 0. The normalized spacial score (nSPS) is 17.3. The van der Waals surface area contributed by atoms with Gasteiger partial charge in [0.1, 0.15) is 5.69 Å². The van der Waals surface area contributed by atoms with Crippen molar-refractivity contribution >= 4 is 38.8 Å². The predicted octanol–water partition coefficient (Wildman–Crippen LogP) is 5.23. The molecule has 1 saturated carbocycles. The van der Waals surface area contributed by atoms with E-state index in [1.165, 1.54) is 5.56 Å². The molecule has 4 aromatic rings. The Bertz CT molecular complexity index is 1300. The molecule has 7 heteroatoms. The third-order valence-electron chi connectivity index (χ3n) is 6.49. The summed E-state index contributed by atoms with van der Waals surface area (Å²) in [6, 6.07) is 12.7. The van der Waals surface area contributed by atoms with Crippen molar-refractivity contribution in [2.24, 2.45) is 5.41 Å². The molecule has 0 radical (unpaired) electrons. The minimum absolute atomic E-state index is 0.0753. The molecule has 2 aliphatic rings. The van der Waals surface area contributed by atoms with Crippen molar-refractivity contribution in [2.45, 2.75) is 32.2 Å². The molecule has 1 aromatic carbocycles. The topological polar surface area (TPSA) is 64.1 Å². The Labute approximate surface area is 194 Å². The molecule has 1 saturated heterocycles. The minimum Gasteiger partial charge on any atom is -0.380 e. The van der Waals surface area contributed by atoms with Gasteiger partial charge in [-0.3, -0.25) is 4.79 Å². The number of pyridine rings is 1. The average Bonchev–Trinajstić information content (AvgIpc) is 3.38. The molecular weight excluding hydrogens is 438 g/mol. The molecule has 0 bridgehead atoms. The minimum atomic E-state index is -0.0753. The standard InChI is InChI=1S/C25H23N3O2S2/c1-15-26-22(12-32-15)17-4-2-16(3-5-17)8-18-9-21(28-20-6-7-31-23(18)20)24(29)27-19-10-25(11-19)13-30-14-25/h2-7,9,12,19H,8,10-11,13-14H2,1H3,(H,27,29). The molecule has 0 atom stereocenters. The number of carbonyl (C=O) groups is 1. The number of thiazole rings is 1. The van der Waals surface area contributed by atoms with E-state index in [0.29, 0.717) is 11.1 Å². The zero-order valence-corrected chi connectivity index (χ0v) is 19.4. The number of hydrogen-bond donors (Lipinski definition) is 1. The number of rotatable bonds is 5. The summed E-state index contributed by atoms with van der Waals surface area (Å²) >= 11 is 3.35. The van der Waals surface area contributed by atoms with E-state index in [9.17, 15) is 4.79 Å². The third kappa shape index (κ3) is 3.64. The Morgan fingerprint density at radius 1 is 1.16 bits per heavy atom. The number of aromatic nitrogens is 2. The monoisotopic (exact) mass is 461 g/mol. The Balaban J connectivity index is 1.22. The molecule has 0 unspecified atom stereocenters. The van der Waals surface area contributed by atoms with Crippen LogP contribution < -0.4 is 5.32 Å². The van der Waals surface area contributed by atoms with Gasteiger partial charge in [0.25, 0.3) is 5.91 Å². The van der Waals surface area contributed by atoms with Gasteiger partial charge in [0.05, 0.1) is 34.1 Å². The molecule has 3 aromatic heterocycles. The summed E-state index contributed by atoms with van der Waals surface area (Å²) in [5.74, 6) is -0.0753. The van der Waals surface area contributed by atoms with Crippen LogP contribution in [-0.4, -0.2) is 35.1 Å². The molecule has 1 N–H and O–H groups in total. The zero-order valence-electron chi connectivity index (χ0n) is 17.8. The highest BCUT2D eigenvalue weighted by Crippen LogP contribution is 2.46. The largest absolute Gasteiger partial charge is 0.380 e. The maximum Gasteiger partial charge on any atom is 0.270 e. The molecule has 162 valence electrons. The van der Waals surface area contributed by atoms with Crippen molar-refractivity contribution in [3.8, 4) is 11.3 Å². The first-order chi connectivity index (χ1) is 15.6. The van der Waals surface area contributed by atoms with Crippen LogP contribution in [-0.2, 0) is 11.2 Å². The number of nitrogens with zero attached hydrogens (tertiary/aromatic N) is 2. The van der Waals surface area contributed by atoms with Crippen LogP contribution in [0.1, 0.15) is 39.5 Å². The molecule has 5 nitrogen and oxygen atoms in total. The predicted molar refractivity (Wildman–Crippen MR) is 128 cm³/mol. The van der Waals surface area contributed by atoms with E-state index in [0.717, 1.165) is 64.5 Å². The van der Waals surface area contributed by atoms with Crippen LogP contribution in [0.4, 0.5) is 0 Å². The molecule has 2 fully saturated rings. The SMILES string of the molecule is Cc1nc(-c2ccc(Cc3cc(C(=O)NC4CC5(COC5)C4)nc4ccsc34)cc2)cs1. The third-order valence-corrected chi connectivity index (χ3v) is 8.25. The van der Waals surface area contributed by atoms with E-state index < -0.39 is 0 Å². The quantitative estimate of drug-likeness (QED) is 0.442. The van der Waals surface area contributed by atoms with Gasteiger partial charge in [-0.2, -0.15) is 0 Å². The number of fused-ring (bicyclic) bond motifs is 1. The van der Waals surface area contributed by atoms with Gasteiger partial charge in [0.15, 0.2) is 0 Å². The number of ether oxygens (including phenoxy) is 1. The highest BCUT2D eigenvalue weighted by atomic mass is 32.1. The van der Waals surface area contributed by atoms with E-state index in [1.807, 2.05) is 24.4 Å².